The lowest BCUT2D eigenvalue weighted by Crippen LogP contribution is -2.54. The number of amides is 4. The fourth-order valence-corrected chi connectivity index (χ4v) is 8.05. The molecule has 0 saturated carbocycles. The van der Waals surface area contributed by atoms with Crippen LogP contribution in [0.3, 0.4) is 0 Å². The number of nitrogens with zero attached hydrogens (tertiary/aromatic N) is 7. The van der Waals surface area contributed by atoms with E-state index in [2.05, 4.69) is 37.4 Å². The molecule has 1 aliphatic carbocycles. The van der Waals surface area contributed by atoms with Crippen molar-refractivity contribution < 1.29 is 29.1 Å². The Kier molecular flexibility index (Phi) is 9.09. The van der Waals surface area contributed by atoms with E-state index < -0.39 is 29.7 Å². The molecule has 5 heterocycles. The van der Waals surface area contributed by atoms with E-state index in [9.17, 15) is 24.4 Å². The molecule has 3 aromatic carbocycles. The number of ether oxygens (including phenoxy) is 1. The maximum Gasteiger partial charge on any atom is 0.262 e. The third-order valence-electron chi connectivity index (χ3n) is 11.1. The predicted octanol–water partition coefficient (Wildman–Crippen LogP) is 4.33. The van der Waals surface area contributed by atoms with Crippen LogP contribution in [0.25, 0.3) is 28.1 Å². The van der Waals surface area contributed by atoms with Crippen molar-refractivity contribution in [2.24, 2.45) is 5.16 Å². The first-order valence-electron chi connectivity index (χ1n) is 18.8. The lowest BCUT2D eigenvalue weighted by Gasteiger charge is -2.36. The van der Waals surface area contributed by atoms with Crippen LogP contribution >= 0.6 is 0 Å². The molecule has 2 N–H and O–H groups in total. The molecule has 3 aliphatic heterocycles. The van der Waals surface area contributed by atoms with Gasteiger partial charge in [-0.3, -0.25) is 39.3 Å². The van der Waals surface area contributed by atoms with Crippen LogP contribution < -0.4 is 15.0 Å². The molecule has 1 atom stereocenters. The summed E-state index contributed by atoms with van der Waals surface area (Å²) in [7, 11) is 0. The van der Waals surface area contributed by atoms with Gasteiger partial charge in [-0.25, -0.2) is 4.68 Å². The van der Waals surface area contributed by atoms with Gasteiger partial charge in [0.25, 0.3) is 11.8 Å². The first-order chi connectivity index (χ1) is 27.3. The van der Waals surface area contributed by atoms with Crippen molar-refractivity contribution in [1.82, 2.24) is 29.9 Å². The maximum atomic E-state index is 13.3. The minimum Gasteiger partial charge on any atom is -0.492 e. The zero-order chi connectivity index (χ0) is 38.3. The zero-order valence-corrected chi connectivity index (χ0v) is 30.4. The molecule has 14 heteroatoms. The summed E-state index contributed by atoms with van der Waals surface area (Å²) in [5, 5.41) is 20.1. The summed E-state index contributed by atoms with van der Waals surface area (Å²) in [5.74, 6) is -1.26. The molecule has 56 heavy (non-hydrogen) atoms. The quantitative estimate of drug-likeness (QED) is 0.126. The summed E-state index contributed by atoms with van der Waals surface area (Å²) >= 11 is 0. The Balaban J connectivity index is 0.809. The highest BCUT2D eigenvalue weighted by Crippen LogP contribution is 2.36. The molecule has 0 radical (unpaired) electrons. The summed E-state index contributed by atoms with van der Waals surface area (Å²) in [5.41, 5.74) is 9.01. The molecule has 4 amide bonds. The fourth-order valence-electron chi connectivity index (χ4n) is 8.05. The number of benzene rings is 3. The number of aromatic nitrogens is 3. The number of piperidine rings is 1. The Morgan fingerprint density at radius 3 is 2.29 bits per heavy atom. The average Bonchev–Trinajstić information content (AvgIpc) is 3.93. The van der Waals surface area contributed by atoms with Gasteiger partial charge >= 0.3 is 0 Å². The van der Waals surface area contributed by atoms with E-state index in [0.717, 1.165) is 107 Å². The van der Waals surface area contributed by atoms with Gasteiger partial charge in [-0.1, -0.05) is 23.4 Å². The van der Waals surface area contributed by atoms with Crippen LogP contribution in [0.1, 0.15) is 51.1 Å². The van der Waals surface area contributed by atoms with Gasteiger partial charge in [0.15, 0.2) is 0 Å². The highest BCUT2D eigenvalue weighted by Gasteiger charge is 2.44. The molecule has 4 aliphatic rings. The Morgan fingerprint density at radius 2 is 1.52 bits per heavy atom. The van der Waals surface area contributed by atoms with E-state index >= 15 is 0 Å². The van der Waals surface area contributed by atoms with Crippen molar-refractivity contribution in [2.45, 2.75) is 31.7 Å². The van der Waals surface area contributed by atoms with Crippen molar-refractivity contribution in [1.29, 1.82) is 0 Å². The van der Waals surface area contributed by atoms with E-state index in [1.54, 1.807) is 24.5 Å². The number of carbonyl (C=O) groups is 4. The van der Waals surface area contributed by atoms with Crippen molar-refractivity contribution >= 4 is 35.0 Å². The van der Waals surface area contributed by atoms with Crippen LogP contribution in [0.4, 0.5) is 5.69 Å². The number of aryl methyl sites for hydroxylation is 1. The fraction of sp³-hybridized carbons (Fsp3) is 0.262. The first-order valence-corrected chi connectivity index (χ1v) is 18.8. The Bertz CT molecular complexity index is 2400. The number of rotatable bonds is 9. The van der Waals surface area contributed by atoms with Gasteiger partial charge in [-0.15, -0.1) is 0 Å². The topological polar surface area (TPSA) is 163 Å². The number of oxime groups is 1. The second-order valence-electron chi connectivity index (χ2n) is 14.3. The van der Waals surface area contributed by atoms with E-state index in [4.69, 9.17) is 9.84 Å². The van der Waals surface area contributed by atoms with Gasteiger partial charge in [-0.05, 0) is 85.0 Å². The Morgan fingerprint density at radius 1 is 0.768 bits per heavy atom. The minimum absolute atomic E-state index is 0.0846. The van der Waals surface area contributed by atoms with E-state index in [1.165, 1.54) is 0 Å². The number of hydrogen-bond donors (Lipinski definition) is 2. The number of hydrogen-bond acceptors (Lipinski definition) is 11. The maximum absolute atomic E-state index is 13.3. The molecule has 1 unspecified atom stereocenters. The largest absolute Gasteiger partial charge is 0.492 e. The van der Waals surface area contributed by atoms with Crippen LogP contribution in [0, 0.1) is 0 Å². The summed E-state index contributed by atoms with van der Waals surface area (Å²) in [4.78, 5) is 60.1. The van der Waals surface area contributed by atoms with Crippen LogP contribution in [-0.4, -0.2) is 104 Å². The predicted molar refractivity (Wildman–Crippen MR) is 206 cm³/mol. The number of fused-ring (bicyclic) bond motifs is 2. The monoisotopic (exact) mass is 750 g/mol. The van der Waals surface area contributed by atoms with Gasteiger partial charge in [-0.2, -0.15) is 5.10 Å². The molecule has 5 aromatic rings. The third kappa shape index (κ3) is 6.47. The number of anilines is 1. The van der Waals surface area contributed by atoms with Gasteiger partial charge in [0, 0.05) is 80.1 Å². The molecule has 282 valence electrons. The zero-order valence-electron chi connectivity index (χ0n) is 30.4. The average molecular weight is 751 g/mol. The van der Waals surface area contributed by atoms with Crippen LogP contribution in [0.5, 0.6) is 5.75 Å². The Labute approximate surface area is 322 Å². The van der Waals surface area contributed by atoms with Crippen LogP contribution in [-0.2, 0) is 16.0 Å². The molecular weight excluding hydrogens is 713 g/mol. The van der Waals surface area contributed by atoms with Crippen molar-refractivity contribution in [3.63, 3.8) is 0 Å². The molecule has 0 spiro atoms. The van der Waals surface area contributed by atoms with Crippen molar-refractivity contribution in [2.75, 3.05) is 44.2 Å². The minimum atomic E-state index is -0.983. The molecule has 14 nitrogen and oxygen atoms in total. The smallest absolute Gasteiger partial charge is 0.262 e. The molecular formula is C42H38N8O6. The van der Waals surface area contributed by atoms with E-state index in [0.29, 0.717) is 6.61 Å². The second kappa shape index (κ2) is 14.5. The molecule has 2 fully saturated rings. The SMILES string of the molecule is O=C1CCC(N2C(=O)c3ccc(N4CCN(CCOc5ccc(-n6cc(-c7ccc8c(c7)CC/C8=N\O)c(-c7ccncc7)n6)cc5)CC4)cc3C2=O)C(=O)N1. The summed E-state index contributed by atoms with van der Waals surface area (Å²) < 4.78 is 8.02. The molecule has 9 rings (SSSR count). The number of nitrogens with one attached hydrogen (secondary N) is 1. The van der Waals surface area contributed by atoms with Gasteiger partial charge < -0.3 is 14.8 Å². The van der Waals surface area contributed by atoms with Crippen LogP contribution in [0.15, 0.2) is 96.5 Å². The second-order valence-corrected chi connectivity index (χ2v) is 14.3. The molecule has 2 aromatic heterocycles. The standard InChI is InChI=1S/C42H38N8O6/c51-38-12-11-37(40(52)44-38)50-41(53)33-9-5-30(24-34(33)42(50)54)48-19-17-47(18-20-48)21-22-56-31-6-3-29(4-7-31)49-25-35(39(45-49)26-13-15-43-16-14-26)28-1-8-32-27(23-28)2-10-36(32)46-55/h1,3-9,13-16,23-25,37,55H,2,10-12,17-22H2,(H,44,51,52)/b46-36+. The third-order valence-corrected chi connectivity index (χ3v) is 11.1. The Hall–Kier alpha value is -6.67. The number of imide groups is 2. The lowest BCUT2D eigenvalue weighted by molar-refractivity contribution is -0.136. The molecule has 2 saturated heterocycles. The van der Waals surface area contributed by atoms with Crippen molar-refractivity contribution in [3.05, 3.63) is 114 Å². The highest BCUT2D eigenvalue weighted by atomic mass is 16.5. The van der Waals surface area contributed by atoms with Gasteiger partial charge in [0.1, 0.15) is 24.1 Å². The van der Waals surface area contributed by atoms with Crippen molar-refractivity contribution in [3.8, 4) is 33.8 Å². The van der Waals surface area contributed by atoms with E-state index in [1.807, 2.05) is 59.4 Å². The normalized spacial score (nSPS) is 19.1. The summed E-state index contributed by atoms with van der Waals surface area (Å²) in [6, 6.07) is 22.3. The van der Waals surface area contributed by atoms with Crippen LogP contribution in [0.2, 0.25) is 0 Å². The first kappa shape index (κ1) is 35.1. The summed E-state index contributed by atoms with van der Waals surface area (Å²) in [6.45, 7) is 4.35. The number of carbonyl (C=O) groups excluding carboxylic acids is 4. The number of pyridine rings is 1. The number of piperazine rings is 1. The van der Waals surface area contributed by atoms with E-state index in [-0.39, 0.29) is 24.0 Å². The highest BCUT2D eigenvalue weighted by molar-refractivity contribution is 6.23. The lowest BCUT2D eigenvalue weighted by atomic mass is 9.98. The summed E-state index contributed by atoms with van der Waals surface area (Å²) in [6.07, 6.45) is 7.33. The van der Waals surface area contributed by atoms with Gasteiger partial charge in [0.2, 0.25) is 11.8 Å². The van der Waals surface area contributed by atoms with Gasteiger partial charge in [0.05, 0.1) is 22.5 Å². The molecule has 0 bridgehead atoms.